The van der Waals surface area contributed by atoms with Gasteiger partial charge in [0.2, 0.25) is 5.75 Å². The quantitative estimate of drug-likeness (QED) is 0.414. The largest absolute Gasteiger partial charge is 0.501 e. The summed E-state index contributed by atoms with van der Waals surface area (Å²) >= 11 is 0. The number of carbonyl (C=O) groups excluding carboxylic acids is 2. The first-order valence-corrected chi connectivity index (χ1v) is 11.8. The third kappa shape index (κ3) is 5.92. The number of H-pyrrole nitrogens is 1. The maximum Gasteiger partial charge on any atom is 0.294 e. The minimum Gasteiger partial charge on any atom is -0.501 e. The number of nitrogens with one attached hydrogen (secondary N) is 3. The lowest BCUT2D eigenvalue weighted by atomic mass is 9.84. The number of nitrogens with zero attached hydrogens (tertiary/aromatic N) is 2. The van der Waals surface area contributed by atoms with Crippen LogP contribution in [0, 0.1) is 5.92 Å². The van der Waals surface area contributed by atoms with E-state index < -0.39 is 17.2 Å². The molecule has 2 amide bonds. The Morgan fingerprint density at radius 1 is 1.11 bits per heavy atom. The molecule has 35 heavy (non-hydrogen) atoms. The summed E-state index contributed by atoms with van der Waals surface area (Å²) in [7, 11) is 0. The second kappa shape index (κ2) is 10.9. The zero-order valence-electron chi connectivity index (χ0n) is 19.6. The Labute approximate surface area is 203 Å². The fraction of sp³-hybridized carbons (Fsp3) is 0.346. The SMILES string of the molecule is CC(NC(=O)c1nc(-c2cc(C(=O)NCc3ccccc3)ccn2)[nH]c(=O)c1O)C1CCCCC1. The summed E-state index contributed by atoms with van der Waals surface area (Å²) in [5, 5.41) is 15.9. The van der Waals surface area contributed by atoms with Crippen molar-refractivity contribution < 1.29 is 14.7 Å². The molecule has 0 saturated heterocycles. The third-order valence-corrected chi connectivity index (χ3v) is 6.39. The molecule has 2 aromatic heterocycles. The average molecular weight is 476 g/mol. The Balaban J connectivity index is 1.52. The molecule has 2 heterocycles. The number of rotatable bonds is 7. The Bertz CT molecular complexity index is 1250. The van der Waals surface area contributed by atoms with Crippen molar-refractivity contribution in [2.75, 3.05) is 0 Å². The number of hydrogen-bond acceptors (Lipinski definition) is 6. The summed E-state index contributed by atoms with van der Waals surface area (Å²) in [5.74, 6) is -1.36. The van der Waals surface area contributed by atoms with Crippen molar-refractivity contribution in [2.24, 2.45) is 5.92 Å². The summed E-state index contributed by atoms with van der Waals surface area (Å²) in [4.78, 5) is 48.7. The number of hydrogen-bond donors (Lipinski definition) is 4. The second-order valence-electron chi connectivity index (χ2n) is 8.87. The van der Waals surface area contributed by atoms with E-state index in [4.69, 9.17) is 0 Å². The number of aromatic nitrogens is 3. The van der Waals surface area contributed by atoms with Gasteiger partial charge in [0.1, 0.15) is 5.69 Å². The van der Waals surface area contributed by atoms with Gasteiger partial charge in [0.15, 0.2) is 11.5 Å². The van der Waals surface area contributed by atoms with Crippen molar-refractivity contribution in [3.05, 3.63) is 75.8 Å². The van der Waals surface area contributed by atoms with Crippen LogP contribution >= 0.6 is 0 Å². The Morgan fingerprint density at radius 3 is 2.60 bits per heavy atom. The lowest BCUT2D eigenvalue weighted by molar-refractivity contribution is 0.0909. The van der Waals surface area contributed by atoms with Crippen molar-refractivity contribution in [3.8, 4) is 17.3 Å². The smallest absolute Gasteiger partial charge is 0.294 e. The number of carbonyl (C=O) groups is 2. The van der Waals surface area contributed by atoms with Gasteiger partial charge in [-0.25, -0.2) is 4.98 Å². The topological polar surface area (TPSA) is 137 Å². The molecule has 4 rings (SSSR count). The first kappa shape index (κ1) is 24.1. The molecule has 0 aliphatic heterocycles. The summed E-state index contributed by atoms with van der Waals surface area (Å²) in [6.45, 7) is 2.28. The zero-order valence-corrected chi connectivity index (χ0v) is 19.6. The van der Waals surface area contributed by atoms with E-state index in [0.717, 1.165) is 31.2 Å². The van der Waals surface area contributed by atoms with E-state index >= 15 is 0 Å². The van der Waals surface area contributed by atoms with Gasteiger partial charge in [-0.05, 0) is 43.4 Å². The second-order valence-corrected chi connectivity index (χ2v) is 8.87. The molecule has 1 aromatic carbocycles. The van der Waals surface area contributed by atoms with Crippen LogP contribution in [0.1, 0.15) is 65.4 Å². The lowest BCUT2D eigenvalue weighted by Crippen LogP contribution is -2.39. The molecule has 1 saturated carbocycles. The van der Waals surface area contributed by atoms with Crippen LogP contribution in [-0.2, 0) is 6.54 Å². The predicted octanol–water partition coefficient (Wildman–Crippen LogP) is 3.17. The zero-order chi connectivity index (χ0) is 24.8. The molecule has 0 bridgehead atoms. The first-order chi connectivity index (χ1) is 16.9. The first-order valence-electron chi connectivity index (χ1n) is 11.8. The van der Waals surface area contributed by atoms with E-state index in [-0.39, 0.29) is 29.2 Å². The molecule has 182 valence electrons. The number of aromatic amines is 1. The van der Waals surface area contributed by atoms with Crippen molar-refractivity contribution in [2.45, 2.75) is 51.6 Å². The highest BCUT2D eigenvalue weighted by Crippen LogP contribution is 2.26. The van der Waals surface area contributed by atoms with Gasteiger partial charge in [-0.15, -0.1) is 0 Å². The van der Waals surface area contributed by atoms with Crippen LogP contribution in [0.25, 0.3) is 11.5 Å². The van der Waals surface area contributed by atoms with Crippen LogP contribution in [0.15, 0.2) is 53.5 Å². The molecule has 3 aromatic rings. The fourth-order valence-electron chi connectivity index (χ4n) is 4.36. The maximum atomic E-state index is 12.9. The van der Waals surface area contributed by atoms with Gasteiger partial charge in [0.05, 0.1) is 0 Å². The number of pyridine rings is 1. The van der Waals surface area contributed by atoms with Crippen LogP contribution in [0.3, 0.4) is 0 Å². The van der Waals surface area contributed by atoms with E-state index in [9.17, 15) is 19.5 Å². The van der Waals surface area contributed by atoms with Crippen molar-refractivity contribution in [3.63, 3.8) is 0 Å². The van der Waals surface area contributed by atoms with Crippen molar-refractivity contribution in [1.82, 2.24) is 25.6 Å². The average Bonchev–Trinajstić information content (AvgIpc) is 2.89. The number of aromatic hydroxyl groups is 1. The molecule has 9 nitrogen and oxygen atoms in total. The lowest BCUT2D eigenvalue weighted by Gasteiger charge is -2.28. The van der Waals surface area contributed by atoms with Crippen LogP contribution in [0.4, 0.5) is 0 Å². The molecular weight excluding hydrogens is 446 g/mol. The Morgan fingerprint density at radius 2 is 1.86 bits per heavy atom. The van der Waals surface area contributed by atoms with Gasteiger partial charge in [0.25, 0.3) is 17.4 Å². The van der Waals surface area contributed by atoms with Crippen LogP contribution in [-0.4, -0.2) is 37.9 Å². The monoisotopic (exact) mass is 475 g/mol. The highest BCUT2D eigenvalue weighted by Gasteiger charge is 2.25. The summed E-state index contributed by atoms with van der Waals surface area (Å²) in [5.41, 5.74) is 0.249. The molecular formula is C26H29N5O4. The van der Waals surface area contributed by atoms with E-state index in [1.54, 1.807) is 6.07 Å². The van der Waals surface area contributed by atoms with Gasteiger partial charge in [-0.1, -0.05) is 49.6 Å². The minimum absolute atomic E-state index is 0.0130. The Hall–Kier alpha value is -4.01. The molecule has 1 atom stereocenters. The molecule has 0 spiro atoms. The molecule has 9 heteroatoms. The molecule has 1 aliphatic carbocycles. The van der Waals surface area contributed by atoms with Crippen LogP contribution in [0.5, 0.6) is 5.75 Å². The normalized spacial score (nSPS) is 14.8. The number of amides is 2. The third-order valence-electron chi connectivity index (χ3n) is 6.39. The van der Waals surface area contributed by atoms with E-state index in [0.29, 0.717) is 18.0 Å². The van der Waals surface area contributed by atoms with Crippen molar-refractivity contribution in [1.29, 1.82) is 0 Å². The van der Waals surface area contributed by atoms with Crippen molar-refractivity contribution >= 4 is 11.8 Å². The fourth-order valence-corrected chi connectivity index (χ4v) is 4.36. The molecule has 1 fully saturated rings. The summed E-state index contributed by atoms with van der Waals surface area (Å²) in [6, 6.07) is 12.4. The highest BCUT2D eigenvalue weighted by molar-refractivity contribution is 5.96. The molecule has 4 N–H and O–H groups in total. The van der Waals surface area contributed by atoms with Crippen LogP contribution < -0.4 is 16.2 Å². The van der Waals surface area contributed by atoms with E-state index in [1.165, 1.54) is 18.7 Å². The van der Waals surface area contributed by atoms with E-state index in [1.807, 2.05) is 37.3 Å². The van der Waals surface area contributed by atoms with Gasteiger partial charge in [-0.3, -0.25) is 19.4 Å². The maximum absolute atomic E-state index is 12.9. The Kier molecular flexibility index (Phi) is 7.54. The minimum atomic E-state index is -0.855. The summed E-state index contributed by atoms with van der Waals surface area (Å²) < 4.78 is 0. The predicted molar refractivity (Wildman–Crippen MR) is 131 cm³/mol. The molecule has 1 unspecified atom stereocenters. The van der Waals surface area contributed by atoms with Gasteiger partial charge in [-0.2, -0.15) is 0 Å². The van der Waals surface area contributed by atoms with Gasteiger partial charge < -0.3 is 20.7 Å². The highest BCUT2D eigenvalue weighted by atomic mass is 16.3. The van der Waals surface area contributed by atoms with Crippen LogP contribution in [0.2, 0.25) is 0 Å². The van der Waals surface area contributed by atoms with E-state index in [2.05, 4.69) is 25.6 Å². The summed E-state index contributed by atoms with van der Waals surface area (Å²) in [6.07, 6.45) is 6.95. The number of benzene rings is 1. The molecule has 0 radical (unpaired) electrons. The molecule has 1 aliphatic rings. The van der Waals surface area contributed by atoms with Gasteiger partial charge >= 0.3 is 0 Å². The van der Waals surface area contributed by atoms with Gasteiger partial charge in [0, 0.05) is 24.3 Å². The standard InChI is InChI=1S/C26H29N5O4/c1-16(18-10-6-3-7-11-18)29-25(34)21-22(32)26(35)31-23(30-21)20-14-19(12-13-27-20)24(33)28-15-17-8-4-2-5-9-17/h2,4-5,8-9,12-14,16,18,32H,3,6-7,10-11,15H2,1H3,(H,28,33)(H,29,34)(H,30,31,35).